The quantitative estimate of drug-likeness (QED) is 0.245. The zero-order valence-corrected chi connectivity index (χ0v) is 20.0. The minimum atomic E-state index is -0.784. The number of nitrogen functional groups attached to an aromatic ring is 1. The average molecular weight is 500 g/mol. The largest absolute Gasteiger partial charge is 0.383 e. The summed E-state index contributed by atoms with van der Waals surface area (Å²) in [6.07, 6.45) is 0. The Morgan fingerprint density at radius 3 is 2.46 bits per heavy atom. The lowest BCUT2D eigenvalue weighted by molar-refractivity contribution is -0.384. The Bertz CT molecular complexity index is 1310. The van der Waals surface area contributed by atoms with Crippen molar-refractivity contribution in [3.63, 3.8) is 0 Å². The molecule has 0 saturated heterocycles. The van der Waals surface area contributed by atoms with Gasteiger partial charge >= 0.3 is 5.69 Å². The summed E-state index contributed by atoms with van der Waals surface area (Å²) in [5.74, 6) is -0.577. The van der Waals surface area contributed by atoms with Gasteiger partial charge in [-0.2, -0.15) is 0 Å². The number of benzene rings is 2. The third-order valence-corrected chi connectivity index (χ3v) is 6.26. The first-order valence-corrected chi connectivity index (χ1v) is 11.5. The first-order chi connectivity index (χ1) is 16.7. The number of aromatic amines is 1. The molecule has 0 saturated carbocycles. The monoisotopic (exact) mass is 499 g/mol. The molecule has 0 aliphatic rings. The van der Waals surface area contributed by atoms with Crippen LogP contribution in [0.4, 0.5) is 17.2 Å². The predicted octanol–water partition coefficient (Wildman–Crippen LogP) is 2.24. The summed E-state index contributed by atoms with van der Waals surface area (Å²) in [6.45, 7) is 1.90. The minimum absolute atomic E-state index is 0.0251. The van der Waals surface area contributed by atoms with E-state index in [2.05, 4.69) is 4.98 Å². The number of hydrogen-bond acceptors (Lipinski definition) is 8. The number of nitrogens with zero attached hydrogens (tertiary/aromatic N) is 3. The van der Waals surface area contributed by atoms with Crippen LogP contribution in [0.15, 0.2) is 69.1 Å². The van der Waals surface area contributed by atoms with Crippen LogP contribution < -0.4 is 21.9 Å². The molecule has 12 heteroatoms. The van der Waals surface area contributed by atoms with Gasteiger partial charge in [-0.25, -0.2) is 4.79 Å². The van der Waals surface area contributed by atoms with E-state index >= 15 is 0 Å². The lowest BCUT2D eigenvalue weighted by Gasteiger charge is -2.26. The topological polar surface area (TPSA) is 154 Å². The van der Waals surface area contributed by atoms with Crippen molar-refractivity contribution in [2.45, 2.75) is 23.6 Å². The van der Waals surface area contributed by atoms with Gasteiger partial charge in [0.05, 0.1) is 23.3 Å². The van der Waals surface area contributed by atoms with Gasteiger partial charge in [-0.1, -0.05) is 30.3 Å². The van der Waals surface area contributed by atoms with Gasteiger partial charge in [-0.3, -0.25) is 29.3 Å². The Morgan fingerprint density at radius 1 is 1.20 bits per heavy atom. The second-order valence-electron chi connectivity index (χ2n) is 7.56. The molecule has 1 heterocycles. The number of carbonyl (C=O) groups excluding carboxylic acids is 1. The van der Waals surface area contributed by atoms with Crippen molar-refractivity contribution < 1.29 is 14.5 Å². The number of nitro benzene ring substituents is 1. The number of non-ortho nitro benzene ring substituents is 1. The van der Waals surface area contributed by atoms with Crippen molar-refractivity contribution in [1.29, 1.82) is 0 Å². The van der Waals surface area contributed by atoms with Crippen LogP contribution in [0.25, 0.3) is 0 Å². The number of aromatic nitrogens is 2. The molecular formula is C23H25N5O6S. The molecule has 3 aromatic rings. The Balaban J connectivity index is 1.95. The second kappa shape index (κ2) is 11.5. The molecular weight excluding hydrogens is 474 g/mol. The van der Waals surface area contributed by atoms with Gasteiger partial charge in [0.2, 0.25) is 5.91 Å². The zero-order chi connectivity index (χ0) is 25.5. The smallest absolute Gasteiger partial charge is 0.330 e. The van der Waals surface area contributed by atoms with E-state index in [-0.39, 0.29) is 36.9 Å². The maximum Gasteiger partial charge on any atom is 0.330 e. The summed E-state index contributed by atoms with van der Waals surface area (Å²) < 4.78 is 6.32. The van der Waals surface area contributed by atoms with E-state index in [1.165, 1.54) is 40.5 Å². The van der Waals surface area contributed by atoms with Crippen molar-refractivity contribution in [2.24, 2.45) is 0 Å². The van der Waals surface area contributed by atoms with Crippen LogP contribution in [0.1, 0.15) is 12.5 Å². The van der Waals surface area contributed by atoms with Gasteiger partial charge in [0.1, 0.15) is 5.82 Å². The Labute approximate surface area is 204 Å². The molecule has 2 aromatic carbocycles. The fraction of sp³-hybridized carbons (Fsp3) is 0.261. The highest BCUT2D eigenvalue weighted by atomic mass is 32.2. The summed E-state index contributed by atoms with van der Waals surface area (Å²) in [5, 5.41) is 10.2. The summed E-state index contributed by atoms with van der Waals surface area (Å²) in [6, 6.07) is 14.9. The Hall–Kier alpha value is -3.90. The Kier molecular flexibility index (Phi) is 8.44. The number of amides is 1. The highest BCUT2D eigenvalue weighted by Gasteiger charge is 2.28. The molecule has 184 valence electrons. The first kappa shape index (κ1) is 25.7. The standard InChI is InChI=1S/C23H25N5O6S/c1-15(35-18-10-8-17(9-11-18)28(32)33)22(30)26(12-13-34-2)19-20(24)27(23(31)25-21(19)29)14-16-6-4-3-5-7-16/h3-11,15H,12-14,24H2,1-2H3,(H,25,29,31). The van der Waals surface area contributed by atoms with E-state index < -0.39 is 27.3 Å². The number of nitrogens with one attached hydrogen (secondary N) is 1. The first-order valence-electron chi connectivity index (χ1n) is 10.6. The second-order valence-corrected chi connectivity index (χ2v) is 8.97. The van der Waals surface area contributed by atoms with Crippen molar-refractivity contribution in [3.8, 4) is 0 Å². The maximum absolute atomic E-state index is 13.4. The van der Waals surface area contributed by atoms with E-state index in [1.807, 2.05) is 30.3 Å². The lowest BCUT2D eigenvalue weighted by Crippen LogP contribution is -2.45. The maximum atomic E-state index is 13.4. The number of nitro groups is 1. The molecule has 1 aromatic heterocycles. The summed E-state index contributed by atoms with van der Waals surface area (Å²) in [7, 11) is 1.46. The fourth-order valence-corrected chi connectivity index (χ4v) is 4.33. The van der Waals surface area contributed by atoms with Gasteiger partial charge in [0.15, 0.2) is 5.69 Å². The van der Waals surface area contributed by atoms with E-state index in [4.69, 9.17) is 10.5 Å². The highest BCUT2D eigenvalue weighted by Crippen LogP contribution is 2.28. The van der Waals surface area contributed by atoms with Crippen molar-refractivity contribution in [1.82, 2.24) is 9.55 Å². The Morgan fingerprint density at radius 2 is 1.86 bits per heavy atom. The van der Waals surface area contributed by atoms with Crippen LogP contribution >= 0.6 is 11.8 Å². The SMILES string of the molecule is COCCN(C(=O)C(C)Sc1ccc([N+](=O)[O-])cc1)c1c(N)n(Cc2ccccc2)c(=O)[nH]c1=O. The van der Waals surface area contributed by atoms with E-state index in [0.29, 0.717) is 4.90 Å². The molecule has 0 spiro atoms. The molecule has 11 nitrogen and oxygen atoms in total. The van der Waals surface area contributed by atoms with Crippen LogP contribution in [0.5, 0.6) is 0 Å². The number of thioether (sulfide) groups is 1. The number of anilines is 2. The summed E-state index contributed by atoms with van der Waals surface area (Å²) >= 11 is 1.17. The third kappa shape index (κ3) is 6.16. The molecule has 3 N–H and O–H groups in total. The number of hydrogen-bond donors (Lipinski definition) is 2. The molecule has 0 radical (unpaired) electrons. The molecule has 1 unspecified atom stereocenters. The molecule has 0 bridgehead atoms. The normalized spacial score (nSPS) is 11.7. The van der Waals surface area contributed by atoms with Gasteiger partial charge < -0.3 is 15.4 Å². The zero-order valence-electron chi connectivity index (χ0n) is 19.2. The molecule has 35 heavy (non-hydrogen) atoms. The summed E-state index contributed by atoms with van der Waals surface area (Å²) in [5.41, 5.74) is 5.40. The van der Waals surface area contributed by atoms with E-state index in [9.17, 15) is 24.5 Å². The van der Waals surface area contributed by atoms with Crippen LogP contribution in [-0.2, 0) is 16.1 Å². The fourth-order valence-electron chi connectivity index (χ4n) is 3.40. The molecule has 1 amide bonds. The number of nitrogens with two attached hydrogens (primary N) is 1. The van der Waals surface area contributed by atoms with Crippen LogP contribution in [-0.4, -0.2) is 45.9 Å². The number of carbonyl (C=O) groups is 1. The highest BCUT2D eigenvalue weighted by molar-refractivity contribution is 8.00. The van der Waals surface area contributed by atoms with Crippen LogP contribution in [0, 0.1) is 10.1 Å². The third-order valence-electron chi connectivity index (χ3n) is 5.16. The molecule has 0 aliphatic carbocycles. The van der Waals surface area contributed by atoms with E-state index in [1.54, 1.807) is 19.1 Å². The van der Waals surface area contributed by atoms with Gasteiger partial charge in [0.25, 0.3) is 11.2 Å². The minimum Gasteiger partial charge on any atom is -0.383 e. The van der Waals surface area contributed by atoms with E-state index in [0.717, 1.165) is 5.56 Å². The summed E-state index contributed by atoms with van der Waals surface area (Å²) in [4.78, 5) is 53.2. The molecule has 0 aliphatic heterocycles. The number of methoxy groups -OCH3 is 1. The van der Waals surface area contributed by atoms with Crippen LogP contribution in [0.2, 0.25) is 0 Å². The average Bonchev–Trinajstić information content (AvgIpc) is 2.84. The number of rotatable bonds is 10. The van der Waals surface area contributed by atoms with Crippen molar-refractivity contribution >= 4 is 34.9 Å². The van der Waals surface area contributed by atoms with Gasteiger partial charge in [-0.15, -0.1) is 11.8 Å². The molecule has 3 rings (SSSR count). The van der Waals surface area contributed by atoms with Crippen molar-refractivity contribution in [3.05, 3.63) is 91.1 Å². The predicted molar refractivity (Wildman–Crippen MR) is 134 cm³/mol. The molecule has 1 atom stereocenters. The van der Waals surface area contributed by atoms with Crippen molar-refractivity contribution in [2.75, 3.05) is 30.9 Å². The number of ether oxygens (including phenoxy) is 1. The van der Waals surface area contributed by atoms with Gasteiger partial charge in [-0.05, 0) is 24.6 Å². The number of H-pyrrole nitrogens is 1. The molecule has 0 fully saturated rings. The van der Waals surface area contributed by atoms with Crippen LogP contribution in [0.3, 0.4) is 0 Å². The van der Waals surface area contributed by atoms with Gasteiger partial charge in [0, 0.05) is 30.7 Å². The lowest BCUT2D eigenvalue weighted by atomic mass is 10.2.